The van der Waals surface area contributed by atoms with Gasteiger partial charge in [0.2, 0.25) is 0 Å². The molecule has 0 aromatic heterocycles. The zero-order valence-corrected chi connectivity index (χ0v) is 8.65. The predicted octanol–water partition coefficient (Wildman–Crippen LogP) is 1.15. The fourth-order valence-corrected chi connectivity index (χ4v) is 2.69. The molecule has 0 aromatic carbocycles. The normalized spacial score (nSPS) is 38.3. The molecule has 0 bridgehead atoms. The van der Waals surface area contributed by atoms with Gasteiger partial charge in [0, 0.05) is 6.42 Å². The quantitative estimate of drug-likeness (QED) is 0.654. The highest BCUT2D eigenvalue weighted by molar-refractivity contribution is 5.15. The fraction of sp³-hybridized carbons (Fsp3) is 0.818. The van der Waals surface area contributed by atoms with Gasteiger partial charge in [-0.25, -0.2) is 0 Å². The van der Waals surface area contributed by atoms with Gasteiger partial charge in [-0.2, -0.15) is 0 Å². The van der Waals surface area contributed by atoms with Gasteiger partial charge in [-0.05, 0) is 30.8 Å². The van der Waals surface area contributed by atoms with E-state index >= 15 is 0 Å². The van der Waals surface area contributed by atoms with E-state index in [0.717, 1.165) is 31.3 Å². The Balaban J connectivity index is 1.82. The van der Waals surface area contributed by atoms with Gasteiger partial charge in [-0.3, -0.25) is 0 Å². The second kappa shape index (κ2) is 3.47. The van der Waals surface area contributed by atoms with Crippen LogP contribution >= 0.6 is 0 Å². The first kappa shape index (κ1) is 9.63. The van der Waals surface area contributed by atoms with E-state index in [1.807, 2.05) is 0 Å². The van der Waals surface area contributed by atoms with Crippen LogP contribution in [0.5, 0.6) is 0 Å². The summed E-state index contributed by atoms with van der Waals surface area (Å²) >= 11 is 0. The number of fused-ring (bicyclic) bond motifs is 1. The van der Waals surface area contributed by atoms with Crippen LogP contribution in [-0.4, -0.2) is 30.4 Å². The van der Waals surface area contributed by atoms with Crippen molar-refractivity contribution in [1.82, 2.24) is 0 Å². The molecule has 1 spiro atoms. The Bertz CT molecular complexity index is 280. The Morgan fingerprint density at radius 1 is 1.27 bits per heavy atom. The van der Waals surface area contributed by atoms with Crippen LogP contribution in [0.4, 0.5) is 0 Å². The molecule has 15 heavy (non-hydrogen) atoms. The maximum absolute atomic E-state index is 9.81. The minimum absolute atomic E-state index is 0.331. The minimum atomic E-state index is -0.842. The molecule has 2 fully saturated rings. The van der Waals surface area contributed by atoms with Gasteiger partial charge in [-0.15, -0.1) is 0 Å². The molecule has 1 saturated carbocycles. The minimum Gasteiger partial charge on any atom is -0.447 e. The van der Waals surface area contributed by atoms with Crippen molar-refractivity contribution in [2.45, 2.75) is 37.8 Å². The van der Waals surface area contributed by atoms with Gasteiger partial charge < -0.3 is 19.3 Å². The average Bonchev–Trinajstić information content (AvgIpc) is 2.66. The lowest BCUT2D eigenvalue weighted by atomic mass is 9.79. The summed E-state index contributed by atoms with van der Waals surface area (Å²) in [4.78, 5) is 0. The zero-order chi connectivity index (χ0) is 10.3. The molecule has 1 aliphatic carbocycles. The molecule has 0 aromatic rings. The molecule has 2 atom stereocenters. The standard InChI is InChI=1S/C11H16O4/c12-10-3-1-2-8-6-11(13-4-5-14-11)15-7-9(8)10/h7-8,10,12H,1-6H2/t8-,10?/m1/s1. The molecule has 2 aliphatic heterocycles. The molecule has 2 heterocycles. The van der Waals surface area contributed by atoms with Gasteiger partial charge in [0.25, 0.3) is 0 Å². The lowest BCUT2D eigenvalue weighted by Crippen LogP contribution is -2.41. The monoisotopic (exact) mass is 212 g/mol. The zero-order valence-electron chi connectivity index (χ0n) is 8.65. The van der Waals surface area contributed by atoms with Crippen molar-refractivity contribution in [3.8, 4) is 0 Å². The molecular weight excluding hydrogens is 196 g/mol. The van der Waals surface area contributed by atoms with Crippen LogP contribution < -0.4 is 0 Å². The summed E-state index contributed by atoms with van der Waals surface area (Å²) in [6, 6.07) is 0. The van der Waals surface area contributed by atoms with Crippen molar-refractivity contribution < 1.29 is 19.3 Å². The Hall–Kier alpha value is -0.580. The SMILES string of the molecule is OC1CCC[C@@H]2CC3(OC=C12)OCCO3. The van der Waals surface area contributed by atoms with Gasteiger partial charge >= 0.3 is 5.97 Å². The second-order valence-corrected chi connectivity index (χ2v) is 4.46. The van der Waals surface area contributed by atoms with Crippen molar-refractivity contribution in [2.75, 3.05) is 13.2 Å². The summed E-state index contributed by atoms with van der Waals surface area (Å²) in [7, 11) is 0. The molecule has 4 nitrogen and oxygen atoms in total. The summed E-state index contributed by atoms with van der Waals surface area (Å²) in [6.45, 7) is 1.19. The van der Waals surface area contributed by atoms with Crippen LogP contribution in [0.25, 0.3) is 0 Å². The van der Waals surface area contributed by atoms with Crippen LogP contribution in [0, 0.1) is 5.92 Å². The third-order valence-corrected chi connectivity index (χ3v) is 3.48. The van der Waals surface area contributed by atoms with Crippen molar-refractivity contribution >= 4 is 0 Å². The van der Waals surface area contributed by atoms with Crippen molar-refractivity contribution in [2.24, 2.45) is 5.92 Å². The second-order valence-electron chi connectivity index (χ2n) is 4.46. The van der Waals surface area contributed by atoms with Crippen molar-refractivity contribution in [1.29, 1.82) is 0 Å². The molecule has 0 radical (unpaired) electrons. The molecule has 4 heteroatoms. The van der Waals surface area contributed by atoms with Crippen molar-refractivity contribution in [3.05, 3.63) is 11.8 Å². The molecule has 1 saturated heterocycles. The highest BCUT2D eigenvalue weighted by Crippen LogP contribution is 2.42. The average molecular weight is 212 g/mol. The topological polar surface area (TPSA) is 47.9 Å². The van der Waals surface area contributed by atoms with E-state index in [1.54, 1.807) is 6.26 Å². The maximum Gasteiger partial charge on any atom is 0.327 e. The van der Waals surface area contributed by atoms with Crippen LogP contribution in [0.15, 0.2) is 11.8 Å². The van der Waals surface area contributed by atoms with E-state index in [4.69, 9.17) is 14.2 Å². The molecule has 1 unspecified atom stereocenters. The van der Waals surface area contributed by atoms with Gasteiger partial charge in [0.05, 0.1) is 25.6 Å². The first-order chi connectivity index (χ1) is 7.29. The fourth-order valence-electron chi connectivity index (χ4n) is 2.69. The van der Waals surface area contributed by atoms with Gasteiger partial charge in [-0.1, -0.05) is 0 Å². The maximum atomic E-state index is 9.81. The number of ether oxygens (including phenoxy) is 3. The van der Waals surface area contributed by atoms with E-state index in [1.165, 1.54) is 0 Å². The van der Waals surface area contributed by atoms with E-state index in [0.29, 0.717) is 19.1 Å². The molecule has 1 N–H and O–H groups in total. The summed E-state index contributed by atoms with van der Waals surface area (Å²) < 4.78 is 16.5. The number of aliphatic hydroxyl groups is 1. The summed E-state index contributed by atoms with van der Waals surface area (Å²) in [5.41, 5.74) is 1.02. The van der Waals surface area contributed by atoms with E-state index in [9.17, 15) is 5.11 Å². The third kappa shape index (κ3) is 1.57. The summed E-state index contributed by atoms with van der Waals surface area (Å²) in [5, 5.41) is 9.81. The first-order valence-corrected chi connectivity index (χ1v) is 5.63. The van der Waals surface area contributed by atoms with Gasteiger partial charge in [0.15, 0.2) is 0 Å². The van der Waals surface area contributed by atoms with Crippen LogP contribution in [0.3, 0.4) is 0 Å². The lowest BCUT2D eigenvalue weighted by molar-refractivity contribution is -0.322. The molecule has 3 aliphatic rings. The van der Waals surface area contributed by atoms with Crippen LogP contribution in [-0.2, 0) is 14.2 Å². The highest BCUT2D eigenvalue weighted by atomic mass is 16.9. The van der Waals surface area contributed by atoms with E-state index < -0.39 is 5.97 Å². The lowest BCUT2D eigenvalue weighted by Gasteiger charge is -2.39. The predicted molar refractivity (Wildman–Crippen MR) is 51.8 cm³/mol. The summed E-state index contributed by atoms with van der Waals surface area (Å²) in [6.07, 6.45) is 5.06. The van der Waals surface area contributed by atoms with Crippen LogP contribution in [0.2, 0.25) is 0 Å². The summed E-state index contributed by atoms with van der Waals surface area (Å²) in [5.74, 6) is -0.480. The smallest absolute Gasteiger partial charge is 0.327 e. The van der Waals surface area contributed by atoms with Crippen molar-refractivity contribution in [3.63, 3.8) is 0 Å². The number of hydrogen-bond donors (Lipinski definition) is 1. The molecular formula is C11H16O4. The number of rotatable bonds is 0. The Labute approximate surface area is 88.8 Å². The largest absolute Gasteiger partial charge is 0.447 e. The van der Waals surface area contributed by atoms with Gasteiger partial charge in [0.1, 0.15) is 0 Å². The number of hydrogen-bond acceptors (Lipinski definition) is 4. The molecule has 0 amide bonds. The Morgan fingerprint density at radius 2 is 2.07 bits per heavy atom. The Kier molecular flexibility index (Phi) is 2.23. The van der Waals surface area contributed by atoms with E-state index in [-0.39, 0.29) is 6.10 Å². The van der Waals surface area contributed by atoms with E-state index in [2.05, 4.69) is 0 Å². The molecule has 3 rings (SSSR count). The number of aliphatic hydroxyl groups excluding tert-OH is 1. The molecule has 84 valence electrons. The first-order valence-electron chi connectivity index (χ1n) is 5.63. The third-order valence-electron chi connectivity index (χ3n) is 3.48. The highest BCUT2D eigenvalue weighted by Gasteiger charge is 2.46. The van der Waals surface area contributed by atoms with Crippen LogP contribution in [0.1, 0.15) is 25.7 Å². The Morgan fingerprint density at radius 3 is 2.87 bits per heavy atom.